The van der Waals surface area contributed by atoms with Gasteiger partial charge in [0.1, 0.15) is 0 Å². The highest BCUT2D eigenvalue weighted by Crippen LogP contribution is 2.46. The van der Waals surface area contributed by atoms with Gasteiger partial charge in [0.2, 0.25) is 0 Å². The van der Waals surface area contributed by atoms with Crippen LogP contribution in [0.15, 0.2) is 151 Å². The monoisotopic (exact) mass is 727 g/mol. The van der Waals surface area contributed by atoms with Crippen LogP contribution in [0.4, 0.5) is 0 Å². The van der Waals surface area contributed by atoms with Crippen LogP contribution in [0, 0.1) is 5.92 Å². The quantitative estimate of drug-likeness (QED) is 0.127. The number of fused-ring (bicyclic) bond motifs is 9. The van der Waals surface area contributed by atoms with Crippen LogP contribution in [-0.4, -0.2) is 6.04 Å². The number of aryl methyl sites for hydroxylation is 1. The summed E-state index contributed by atoms with van der Waals surface area (Å²) in [7, 11) is 0. The molecule has 0 aromatic heterocycles. The van der Waals surface area contributed by atoms with Crippen molar-refractivity contribution in [3.05, 3.63) is 179 Å². The molecule has 0 bridgehead atoms. The van der Waals surface area contributed by atoms with Crippen LogP contribution in [0.3, 0.4) is 0 Å². The van der Waals surface area contributed by atoms with E-state index in [2.05, 4.69) is 166 Å². The maximum Gasteiger partial charge on any atom is 0.0357 e. The lowest BCUT2D eigenvalue weighted by molar-refractivity contribution is 0.419. The van der Waals surface area contributed by atoms with Crippen LogP contribution >= 0.6 is 0 Å². The van der Waals surface area contributed by atoms with Crippen molar-refractivity contribution in [2.75, 3.05) is 0 Å². The first-order valence-electron chi connectivity index (χ1n) is 21.3. The van der Waals surface area contributed by atoms with Crippen molar-refractivity contribution in [1.82, 2.24) is 5.32 Å². The molecule has 0 fully saturated rings. The van der Waals surface area contributed by atoms with Gasteiger partial charge in [0, 0.05) is 18.0 Å². The minimum atomic E-state index is 0.215. The molecule has 7 aromatic carbocycles. The Bertz CT molecular complexity index is 2680. The molecule has 278 valence electrons. The molecule has 3 aliphatic carbocycles. The number of benzene rings is 7. The van der Waals surface area contributed by atoms with Crippen molar-refractivity contribution >= 4 is 32.3 Å². The lowest BCUT2D eigenvalue weighted by Crippen LogP contribution is -2.40. The van der Waals surface area contributed by atoms with Crippen molar-refractivity contribution in [2.24, 2.45) is 5.92 Å². The largest absolute Gasteiger partial charge is 0.303 e. The number of nitrogens with one attached hydrogen (secondary N) is 1. The van der Waals surface area contributed by atoms with E-state index in [1.165, 1.54) is 109 Å². The van der Waals surface area contributed by atoms with Crippen LogP contribution in [-0.2, 0) is 19.3 Å². The zero-order chi connectivity index (χ0) is 37.8. The van der Waals surface area contributed by atoms with E-state index < -0.39 is 0 Å². The molecule has 0 aliphatic heterocycles. The third-order valence-corrected chi connectivity index (χ3v) is 13.9. The van der Waals surface area contributed by atoms with Gasteiger partial charge in [-0.1, -0.05) is 132 Å². The summed E-state index contributed by atoms with van der Waals surface area (Å²) in [5, 5.41) is 12.5. The Kier molecular flexibility index (Phi) is 9.23. The Labute approximate surface area is 333 Å². The van der Waals surface area contributed by atoms with Crippen LogP contribution in [0.5, 0.6) is 0 Å². The predicted octanol–water partition coefficient (Wildman–Crippen LogP) is 14.4. The van der Waals surface area contributed by atoms with Gasteiger partial charge in [-0.25, -0.2) is 0 Å². The smallest absolute Gasteiger partial charge is 0.0357 e. The summed E-state index contributed by atoms with van der Waals surface area (Å²) in [6, 6.07) is 49.2. The van der Waals surface area contributed by atoms with Gasteiger partial charge in [-0.05, 0) is 179 Å². The van der Waals surface area contributed by atoms with Crippen LogP contribution in [0.2, 0.25) is 0 Å². The molecule has 4 unspecified atom stereocenters. The summed E-state index contributed by atoms with van der Waals surface area (Å²) in [6.45, 7) is 7.20. The highest BCUT2D eigenvalue weighted by atomic mass is 15.0. The molecule has 1 nitrogen and oxygen atoms in total. The van der Waals surface area contributed by atoms with Gasteiger partial charge >= 0.3 is 0 Å². The van der Waals surface area contributed by atoms with E-state index in [0.717, 1.165) is 19.3 Å². The summed E-state index contributed by atoms with van der Waals surface area (Å²) >= 11 is 0. The Balaban J connectivity index is 1.08. The number of hydrogen-bond donors (Lipinski definition) is 1. The topological polar surface area (TPSA) is 12.0 Å². The molecule has 0 heterocycles. The highest BCUT2D eigenvalue weighted by Gasteiger charge is 2.34. The summed E-state index contributed by atoms with van der Waals surface area (Å²) in [4.78, 5) is 0. The molecular weight excluding hydrogens is 675 g/mol. The maximum absolute atomic E-state index is 4.24. The molecule has 4 atom stereocenters. The molecule has 0 saturated heterocycles. The van der Waals surface area contributed by atoms with E-state index in [1.54, 1.807) is 16.7 Å². The maximum atomic E-state index is 4.24. The van der Waals surface area contributed by atoms with E-state index in [9.17, 15) is 0 Å². The SMILES string of the molecule is C/C(=C(/C)C(NC(C)c1ccccc1)C1Cc2cc3cc(-c4cc5ccc6ccccc6c5c5c4CCCC5)ccc3cc2-c2ccccc21)C1CC=CCC1. The van der Waals surface area contributed by atoms with Crippen molar-refractivity contribution in [1.29, 1.82) is 0 Å². The van der Waals surface area contributed by atoms with Crippen LogP contribution in [0.25, 0.3) is 54.6 Å². The van der Waals surface area contributed by atoms with Gasteiger partial charge in [0.15, 0.2) is 0 Å². The molecule has 1 N–H and O–H groups in total. The zero-order valence-electron chi connectivity index (χ0n) is 33.2. The number of allylic oxidation sites excluding steroid dienone is 3. The van der Waals surface area contributed by atoms with Gasteiger partial charge in [0.25, 0.3) is 0 Å². The second kappa shape index (κ2) is 14.7. The molecule has 0 spiro atoms. The summed E-state index contributed by atoms with van der Waals surface area (Å²) in [6.07, 6.45) is 14.2. The summed E-state index contributed by atoms with van der Waals surface area (Å²) < 4.78 is 0. The van der Waals surface area contributed by atoms with Crippen LogP contribution in [0.1, 0.15) is 92.7 Å². The third kappa shape index (κ3) is 6.22. The molecule has 0 radical (unpaired) electrons. The molecular formula is C55H53N. The zero-order valence-corrected chi connectivity index (χ0v) is 33.2. The van der Waals surface area contributed by atoms with Gasteiger partial charge in [-0.2, -0.15) is 0 Å². The standard InChI is InChI=1S/C55H53N/c1-35(38-16-6-4-7-17-38)36(2)55(56-37(3)39-18-8-5-9-19-39)53-34-45-31-44-30-42(28-27-41(44)32-52(45)47-22-12-13-23-48(47)53)51-33-43-29-26-40-20-10-11-21-46(40)54(43)50-25-15-14-24-49(50)51/h4-6,8-13,18-23,26-33,37-38,53,55-56H,7,14-17,24-25,34H2,1-3H3/b36-35+. The summed E-state index contributed by atoms with van der Waals surface area (Å²) in [5.74, 6) is 0.936. The lowest BCUT2D eigenvalue weighted by atomic mass is 9.72. The van der Waals surface area contributed by atoms with Crippen molar-refractivity contribution in [3.63, 3.8) is 0 Å². The van der Waals surface area contributed by atoms with Gasteiger partial charge in [0.05, 0.1) is 0 Å². The van der Waals surface area contributed by atoms with Crippen LogP contribution < -0.4 is 5.32 Å². The Morgan fingerprint density at radius 3 is 2.25 bits per heavy atom. The predicted molar refractivity (Wildman–Crippen MR) is 240 cm³/mol. The minimum absolute atomic E-state index is 0.215. The number of hydrogen-bond acceptors (Lipinski definition) is 1. The van der Waals surface area contributed by atoms with Gasteiger partial charge in [-0.15, -0.1) is 0 Å². The average Bonchev–Trinajstić information content (AvgIpc) is 3.26. The van der Waals surface area contributed by atoms with Crippen molar-refractivity contribution < 1.29 is 0 Å². The first-order chi connectivity index (χ1) is 27.5. The molecule has 10 rings (SSSR count). The average molecular weight is 728 g/mol. The fraction of sp³-hybridized carbons (Fsp3) is 0.273. The molecule has 0 saturated carbocycles. The van der Waals surface area contributed by atoms with E-state index in [1.807, 2.05) is 0 Å². The Hall–Kier alpha value is -5.24. The second-order valence-electron chi connectivity index (χ2n) is 17.1. The van der Waals surface area contributed by atoms with Gasteiger partial charge in [-0.3, -0.25) is 0 Å². The normalized spacial score (nSPS) is 19.3. The molecule has 3 aliphatic rings. The minimum Gasteiger partial charge on any atom is -0.303 e. The Morgan fingerprint density at radius 2 is 1.39 bits per heavy atom. The summed E-state index contributed by atoms with van der Waals surface area (Å²) in [5.41, 5.74) is 16.1. The lowest BCUT2D eigenvalue weighted by Gasteiger charge is -2.38. The first-order valence-corrected chi connectivity index (χ1v) is 21.3. The second-order valence-corrected chi connectivity index (χ2v) is 17.1. The first kappa shape index (κ1) is 35.2. The van der Waals surface area contributed by atoms with E-state index in [-0.39, 0.29) is 12.1 Å². The fourth-order valence-corrected chi connectivity index (χ4v) is 10.8. The van der Waals surface area contributed by atoms with Gasteiger partial charge < -0.3 is 5.32 Å². The van der Waals surface area contributed by atoms with E-state index in [0.29, 0.717) is 11.8 Å². The molecule has 0 amide bonds. The van der Waals surface area contributed by atoms with Crippen molar-refractivity contribution in [2.45, 2.75) is 90.1 Å². The number of rotatable bonds is 7. The Morgan fingerprint density at radius 1 is 0.643 bits per heavy atom. The van der Waals surface area contributed by atoms with Crippen molar-refractivity contribution in [3.8, 4) is 22.3 Å². The highest BCUT2D eigenvalue weighted by molar-refractivity contribution is 6.11. The fourth-order valence-electron chi connectivity index (χ4n) is 10.8. The molecule has 1 heteroatoms. The van der Waals surface area contributed by atoms with E-state index >= 15 is 0 Å². The molecule has 56 heavy (non-hydrogen) atoms. The molecule has 7 aromatic rings. The third-order valence-electron chi connectivity index (χ3n) is 13.9. The van der Waals surface area contributed by atoms with E-state index in [4.69, 9.17) is 0 Å².